The summed E-state index contributed by atoms with van der Waals surface area (Å²) < 4.78 is 7.56. The van der Waals surface area contributed by atoms with Gasteiger partial charge in [0.15, 0.2) is 0 Å². The maximum atomic E-state index is 12.9. The van der Waals surface area contributed by atoms with Crippen molar-refractivity contribution in [2.75, 3.05) is 5.32 Å². The number of nitrogens with one attached hydrogen (secondary N) is 2. The van der Waals surface area contributed by atoms with Gasteiger partial charge in [0.2, 0.25) is 5.95 Å². The van der Waals surface area contributed by atoms with Crippen LogP contribution in [0.2, 0.25) is 0 Å². The summed E-state index contributed by atoms with van der Waals surface area (Å²) in [6.45, 7) is 3.99. The minimum absolute atomic E-state index is 0.156. The molecule has 0 saturated carbocycles. The quantitative estimate of drug-likeness (QED) is 0.392. The predicted molar refractivity (Wildman–Crippen MR) is 131 cm³/mol. The fourth-order valence-electron chi connectivity index (χ4n) is 3.59. The first-order chi connectivity index (χ1) is 16.5. The number of hydrogen-bond donors (Lipinski definition) is 2. The van der Waals surface area contributed by atoms with Crippen LogP contribution in [0.1, 0.15) is 13.8 Å². The lowest BCUT2D eigenvalue weighted by atomic mass is 10.1. The Morgan fingerprint density at radius 1 is 1.00 bits per heavy atom. The molecule has 0 radical (unpaired) electrons. The molecule has 1 aromatic carbocycles. The maximum Gasteiger partial charge on any atom is 0.264 e. The van der Waals surface area contributed by atoms with Crippen LogP contribution in [0.5, 0.6) is 11.5 Å². The number of pyridine rings is 2. The number of H-pyrrole nitrogens is 1. The average Bonchev–Trinajstić information content (AvgIpc) is 3.37. The van der Waals surface area contributed by atoms with Crippen molar-refractivity contribution in [3.05, 3.63) is 77.6 Å². The van der Waals surface area contributed by atoms with E-state index in [1.54, 1.807) is 37.9 Å². The summed E-state index contributed by atoms with van der Waals surface area (Å²) in [6, 6.07) is 13.2. The maximum absolute atomic E-state index is 12.9. The minimum atomic E-state index is -0.156. The van der Waals surface area contributed by atoms with Gasteiger partial charge in [0.1, 0.15) is 11.5 Å². The summed E-state index contributed by atoms with van der Waals surface area (Å²) in [5.74, 6) is 1.87. The number of ether oxygens (including phenoxy) is 1. The van der Waals surface area contributed by atoms with Gasteiger partial charge in [-0.05, 0) is 44.2 Å². The van der Waals surface area contributed by atoms with E-state index in [-0.39, 0.29) is 11.6 Å². The Labute approximate surface area is 195 Å². The molecule has 0 spiro atoms. The van der Waals surface area contributed by atoms with E-state index in [0.29, 0.717) is 28.7 Å². The highest BCUT2D eigenvalue weighted by molar-refractivity contribution is 5.83. The van der Waals surface area contributed by atoms with E-state index in [4.69, 9.17) is 4.74 Å². The Hall–Kier alpha value is -4.53. The number of rotatable bonds is 6. The molecule has 0 amide bonds. The summed E-state index contributed by atoms with van der Waals surface area (Å²) >= 11 is 0. The third kappa shape index (κ3) is 4.23. The number of hydrogen-bond acceptors (Lipinski definition) is 7. The van der Waals surface area contributed by atoms with Gasteiger partial charge in [0, 0.05) is 48.7 Å². The third-order valence-electron chi connectivity index (χ3n) is 5.28. The molecule has 5 aromatic rings. The number of fused-ring (bicyclic) bond motifs is 1. The van der Waals surface area contributed by atoms with E-state index in [9.17, 15) is 4.79 Å². The monoisotopic (exact) mass is 453 g/mol. The molecule has 34 heavy (non-hydrogen) atoms. The third-order valence-corrected chi connectivity index (χ3v) is 5.28. The zero-order chi connectivity index (χ0) is 23.7. The Kier molecular flexibility index (Phi) is 5.51. The van der Waals surface area contributed by atoms with Crippen LogP contribution in [-0.2, 0) is 7.05 Å². The van der Waals surface area contributed by atoms with Crippen molar-refractivity contribution in [3.8, 4) is 34.0 Å². The van der Waals surface area contributed by atoms with Gasteiger partial charge in [-0.3, -0.25) is 19.4 Å². The highest BCUT2D eigenvalue weighted by Gasteiger charge is 2.12. The van der Waals surface area contributed by atoms with Gasteiger partial charge in [-0.25, -0.2) is 9.97 Å². The summed E-state index contributed by atoms with van der Waals surface area (Å²) in [4.78, 5) is 26.3. The summed E-state index contributed by atoms with van der Waals surface area (Å²) in [5, 5.41) is 10.8. The lowest BCUT2D eigenvalue weighted by molar-refractivity contribution is 0.483. The van der Waals surface area contributed by atoms with Crippen LogP contribution >= 0.6 is 0 Å². The second-order valence-electron chi connectivity index (χ2n) is 8.18. The molecule has 9 heteroatoms. The van der Waals surface area contributed by atoms with Crippen molar-refractivity contribution in [1.82, 2.24) is 29.7 Å². The molecule has 0 atom stereocenters. The summed E-state index contributed by atoms with van der Waals surface area (Å²) in [7, 11) is 1.70. The molecule has 2 N–H and O–H groups in total. The molecule has 0 fully saturated rings. The summed E-state index contributed by atoms with van der Waals surface area (Å²) in [5.41, 5.74) is 3.27. The molecular weight excluding hydrogens is 430 g/mol. The van der Waals surface area contributed by atoms with E-state index in [0.717, 1.165) is 22.2 Å². The van der Waals surface area contributed by atoms with Gasteiger partial charge in [-0.15, -0.1) is 0 Å². The average molecular weight is 454 g/mol. The second-order valence-corrected chi connectivity index (χ2v) is 8.18. The molecule has 5 rings (SSSR count). The lowest BCUT2D eigenvalue weighted by Crippen LogP contribution is -2.25. The molecule has 0 aliphatic heterocycles. The molecule has 0 aliphatic carbocycles. The first-order valence-electron chi connectivity index (χ1n) is 10.8. The van der Waals surface area contributed by atoms with Crippen molar-refractivity contribution in [2.24, 2.45) is 7.05 Å². The van der Waals surface area contributed by atoms with Gasteiger partial charge < -0.3 is 10.1 Å². The van der Waals surface area contributed by atoms with Gasteiger partial charge >= 0.3 is 0 Å². The molecule has 9 nitrogen and oxygen atoms in total. The van der Waals surface area contributed by atoms with Crippen molar-refractivity contribution in [3.63, 3.8) is 0 Å². The van der Waals surface area contributed by atoms with Crippen LogP contribution < -0.4 is 15.6 Å². The van der Waals surface area contributed by atoms with Gasteiger partial charge in [-0.1, -0.05) is 6.07 Å². The van der Waals surface area contributed by atoms with Crippen LogP contribution in [0.15, 0.2) is 72.0 Å². The fraction of sp³-hybridized carbons (Fsp3) is 0.160. The zero-order valence-electron chi connectivity index (χ0n) is 19.0. The van der Waals surface area contributed by atoms with Crippen LogP contribution in [0.4, 0.5) is 5.95 Å². The molecular formula is C25H23N7O2. The predicted octanol–water partition coefficient (Wildman–Crippen LogP) is 4.39. The molecule has 4 heterocycles. The van der Waals surface area contributed by atoms with Crippen LogP contribution in [0.3, 0.4) is 0 Å². The summed E-state index contributed by atoms with van der Waals surface area (Å²) in [6.07, 6.45) is 6.76. The van der Waals surface area contributed by atoms with E-state index < -0.39 is 0 Å². The largest absolute Gasteiger partial charge is 0.457 e. The van der Waals surface area contributed by atoms with Crippen LogP contribution in [-0.4, -0.2) is 35.8 Å². The van der Waals surface area contributed by atoms with E-state index >= 15 is 0 Å². The van der Waals surface area contributed by atoms with Gasteiger partial charge in [0.05, 0.1) is 28.7 Å². The number of aromatic nitrogens is 6. The first-order valence-corrected chi connectivity index (χ1v) is 10.8. The topological polar surface area (TPSA) is 111 Å². The minimum Gasteiger partial charge on any atom is -0.457 e. The molecule has 4 aromatic heterocycles. The number of nitrogens with zero attached hydrogens (tertiary/aromatic N) is 5. The van der Waals surface area contributed by atoms with Crippen LogP contribution in [0.25, 0.3) is 33.4 Å². The molecule has 0 saturated heterocycles. The van der Waals surface area contributed by atoms with E-state index in [1.165, 1.54) is 4.57 Å². The molecule has 0 unspecified atom stereocenters. The molecule has 0 aliphatic rings. The Morgan fingerprint density at radius 3 is 2.65 bits per heavy atom. The highest BCUT2D eigenvalue weighted by Crippen LogP contribution is 2.28. The van der Waals surface area contributed by atoms with E-state index in [2.05, 4.69) is 30.5 Å². The Morgan fingerprint density at radius 2 is 1.85 bits per heavy atom. The standard InChI is InChI=1S/C25H23N7O2/c1-15(2)30-25-27-14-20(24(33)32(25)3)22-6-4-16-10-18(5-7-21(16)31-22)34-19-8-9-26-23(11-19)17-12-28-29-13-17/h4-15H,1-3H3,(H,27,30)(H,28,29). The number of benzene rings is 1. The van der Waals surface area contributed by atoms with Crippen molar-refractivity contribution >= 4 is 16.9 Å². The number of aromatic amines is 1. The lowest BCUT2D eigenvalue weighted by Gasteiger charge is -2.13. The van der Waals surface area contributed by atoms with E-state index in [1.807, 2.05) is 50.2 Å². The number of anilines is 1. The highest BCUT2D eigenvalue weighted by atomic mass is 16.5. The SMILES string of the molecule is CC(C)Nc1ncc(-c2ccc3cc(Oc4ccnc(-c5cn[nH]c5)c4)ccc3n2)c(=O)n1C. The Balaban J connectivity index is 1.42. The van der Waals surface area contributed by atoms with Crippen molar-refractivity contribution < 1.29 is 4.74 Å². The van der Waals surface area contributed by atoms with Crippen molar-refractivity contribution in [1.29, 1.82) is 0 Å². The van der Waals surface area contributed by atoms with Gasteiger partial charge in [0.25, 0.3) is 5.56 Å². The normalized spacial score (nSPS) is 11.2. The van der Waals surface area contributed by atoms with Gasteiger partial charge in [-0.2, -0.15) is 5.10 Å². The van der Waals surface area contributed by atoms with Crippen LogP contribution in [0, 0.1) is 0 Å². The fourth-order valence-corrected chi connectivity index (χ4v) is 3.59. The Bertz CT molecular complexity index is 1520. The first kappa shape index (κ1) is 21.3. The van der Waals surface area contributed by atoms with Crippen molar-refractivity contribution in [2.45, 2.75) is 19.9 Å². The molecule has 0 bridgehead atoms. The zero-order valence-corrected chi connectivity index (χ0v) is 19.0. The second kappa shape index (κ2) is 8.78. The molecule has 170 valence electrons. The smallest absolute Gasteiger partial charge is 0.264 e.